The molecule has 0 aliphatic heterocycles. The fourth-order valence-corrected chi connectivity index (χ4v) is 3.66. The van der Waals surface area contributed by atoms with Gasteiger partial charge in [0.1, 0.15) is 18.4 Å². The molecule has 0 bridgehead atoms. The molecular formula is C25H27N5O2. The second kappa shape index (κ2) is 9.60. The van der Waals surface area contributed by atoms with E-state index < -0.39 is 0 Å². The maximum absolute atomic E-state index is 12.9. The van der Waals surface area contributed by atoms with Crippen molar-refractivity contribution in [2.75, 3.05) is 0 Å². The monoisotopic (exact) mass is 429 g/mol. The van der Waals surface area contributed by atoms with E-state index in [2.05, 4.69) is 46.7 Å². The highest BCUT2D eigenvalue weighted by molar-refractivity contribution is 5.76. The second-order valence-electron chi connectivity index (χ2n) is 8.00. The first kappa shape index (κ1) is 21.5. The quantitative estimate of drug-likeness (QED) is 0.466. The lowest BCUT2D eigenvalue weighted by Crippen LogP contribution is -2.38. The molecule has 0 aliphatic rings. The van der Waals surface area contributed by atoms with Gasteiger partial charge in [-0.15, -0.1) is 0 Å². The number of amides is 1. The molecule has 0 saturated heterocycles. The van der Waals surface area contributed by atoms with E-state index in [0.29, 0.717) is 11.2 Å². The minimum absolute atomic E-state index is 0.00481. The fourth-order valence-electron chi connectivity index (χ4n) is 3.66. The first-order valence-electron chi connectivity index (χ1n) is 10.9. The molecule has 0 radical (unpaired) electrons. The van der Waals surface area contributed by atoms with Gasteiger partial charge in [-0.1, -0.05) is 61.5 Å². The molecule has 2 aromatic heterocycles. The van der Waals surface area contributed by atoms with Gasteiger partial charge in [0.15, 0.2) is 0 Å². The van der Waals surface area contributed by atoms with Gasteiger partial charge in [0.05, 0.1) is 5.69 Å². The van der Waals surface area contributed by atoms with Crippen molar-refractivity contribution in [3.05, 3.63) is 88.5 Å². The van der Waals surface area contributed by atoms with E-state index in [9.17, 15) is 9.59 Å². The van der Waals surface area contributed by atoms with Crippen molar-refractivity contribution < 1.29 is 4.79 Å². The van der Waals surface area contributed by atoms with Gasteiger partial charge in [-0.25, -0.2) is 9.20 Å². The highest BCUT2D eigenvalue weighted by Crippen LogP contribution is 2.19. The van der Waals surface area contributed by atoms with Gasteiger partial charge in [-0.3, -0.25) is 9.59 Å². The summed E-state index contributed by atoms with van der Waals surface area (Å²) in [5.41, 5.74) is 4.15. The Labute approximate surface area is 186 Å². The molecule has 0 saturated carbocycles. The SMILES string of the molecule is CCc1ccc(-c2cc3c(=O)n(CC(=O)N[C@H](C)CCc4ccccc4)ncn3n2)cc1. The lowest BCUT2D eigenvalue weighted by Gasteiger charge is -2.14. The van der Waals surface area contributed by atoms with Gasteiger partial charge in [-0.2, -0.15) is 10.2 Å². The number of fused-ring (bicyclic) bond motifs is 1. The van der Waals surface area contributed by atoms with Crippen molar-refractivity contribution in [1.29, 1.82) is 0 Å². The number of rotatable bonds is 8. The van der Waals surface area contributed by atoms with Gasteiger partial charge in [0, 0.05) is 11.6 Å². The number of nitrogens with one attached hydrogen (secondary N) is 1. The zero-order chi connectivity index (χ0) is 22.5. The molecule has 0 aliphatic carbocycles. The van der Waals surface area contributed by atoms with Crippen LogP contribution in [0.4, 0.5) is 0 Å². The maximum Gasteiger partial charge on any atom is 0.293 e. The normalized spacial score (nSPS) is 12.1. The molecular weight excluding hydrogens is 402 g/mol. The summed E-state index contributed by atoms with van der Waals surface area (Å²) in [5.74, 6) is -0.237. The molecule has 2 aromatic carbocycles. The summed E-state index contributed by atoms with van der Waals surface area (Å²) in [7, 11) is 0. The zero-order valence-electron chi connectivity index (χ0n) is 18.4. The minimum atomic E-state index is -0.344. The molecule has 32 heavy (non-hydrogen) atoms. The van der Waals surface area contributed by atoms with E-state index in [1.165, 1.54) is 26.7 Å². The predicted octanol–water partition coefficient (Wildman–Crippen LogP) is 3.26. The van der Waals surface area contributed by atoms with Crippen LogP contribution >= 0.6 is 0 Å². The van der Waals surface area contributed by atoms with Crippen molar-refractivity contribution in [3.63, 3.8) is 0 Å². The first-order chi connectivity index (χ1) is 15.5. The van der Waals surface area contributed by atoms with Crippen LogP contribution in [0.5, 0.6) is 0 Å². The standard InChI is InChI=1S/C25H27N5O2/c1-3-19-11-13-21(14-12-19)22-15-23-25(32)29(26-17-30(23)28-22)16-24(31)27-18(2)9-10-20-7-5-4-6-8-20/h4-8,11-15,17-18H,3,9-10,16H2,1-2H3,(H,27,31)/t18-/m1/s1. The van der Waals surface area contributed by atoms with Crippen LogP contribution in [0.15, 0.2) is 71.8 Å². The van der Waals surface area contributed by atoms with Gasteiger partial charge in [-0.05, 0) is 43.4 Å². The van der Waals surface area contributed by atoms with Gasteiger partial charge < -0.3 is 5.32 Å². The lowest BCUT2D eigenvalue weighted by molar-refractivity contribution is -0.122. The van der Waals surface area contributed by atoms with E-state index in [4.69, 9.17) is 0 Å². The average Bonchev–Trinajstić information content (AvgIpc) is 3.25. The van der Waals surface area contributed by atoms with Crippen molar-refractivity contribution in [2.45, 2.75) is 45.7 Å². The van der Waals surface area contributed by atoms with Crippen LogP contribution < -0.4 is 10.9 Å². The van der Waals surface area contributed by atoms with Gasteiger partial charge in [0.25, 0.3) is 5.56 Å². The topological polar surface area (TPSA) is 81.3 Å². The summed E-state index contributed by atoms with van der Waals surface area (Å²) in [4.78, 5) is 25.3. The van der Waals surface area contributed by atoms with Crippen molar-refractivity contribution >= 4 is 11.4 Å². The molecule has 1 amide bonds. The Balaban J connectivity index is 1.43. The number of nitrogens with zero attached hydrogens (tertiary/aromatic N) is 4. The lowest BCUT2D eigenvalue weighted by atomic mass is 10.1. The van der Waals surface area contributed by atoms with Crippen LogP contribution in [0.25, 0.3) is 16.8 Å². The third kappa shape index (κ3) is 4.94. The van der Waals surface area contributed by atoms with E-state index >= 15 is 0 Å². The van der Waals surface area contributed by atoms with Crippen LogP contribution in [0, 0.1) is 0 Å². The van der Waals surface area contributed by atoms with Crippen LogP contribution in [-0.4, -0.2) is 31.3 Å². The Morgan fingerprint density at radius 3 is 2.53 bits per heavy atom. The molecule has 7 heteroatoms. The van der Waals surface area contributed by atoms with Crippen molar-refractivity contribution in [1.82, 2.24) is 24.7 Å². The summed E-state index contributed by atoms with van der Waals surface area (Å²) >= 11 is 0. The molecule has 1 N–H and O–H groups in total. The summed E-state index contributed by atoms with van der Waals surface area (Å²) in [6, 6.07) is 20.0. The van der Waals surface area contributed by atoms with Crippen LogP contribution in [0.1, 0.15) is 31.4 Å². The highest BCUT2D eigenvalue weighted by atomic mass is 16.2. The second-order valence-corrected chi connectivity index (χ2v) is 8.00. The molecule has 2 heterocycles. The van der Waals surface area contributed by atoms with Crippen LogP contribution in [0.2, 0.25) is 0 Å². The number of aromatic nitrogens is 4. The molecule has 0 fully saturated rings. The number of carbonyl (C=O) groups is 1. The summed E-state index contributed by atoms with van der Waals surface area (Å²) in [6.07, 6.45) is 4.13. The Hall–Kier alpha value is -3.74. The molecule has 1 atom stereocenters. The molecule has 0 unspecified atom stereocenters. The molecule has 7 nitrogen and oxygen atoms in total. The number of hydrogen-bond donors (Lipinski definition) is 1. The van der Waals surface area contributed by atoms with E-state index in [0.717, 1.165) is 24.8 Å². The summed E-state index contributed by atoms with van der Waals surface area (Å²) in [5, 5.41) is 11.5. The third-order valence-corrected chi connectivity index (χ3v) is 5.56. The molecule has 0 spiro atoms. The summed E-state index contributed by atoms with van der Waals surface area (Å²) in [6.45, 7) is 3.94. The van der Waals surface area contributed by atoms with E-state index in [1.807, 2.05) is 37.3 Å². The zero-order valence-corrected chi connectivity index (χ0v) is 18.4. The summed E-state index contributed by atoms with van der Waals surface area (Å²) < 4.78 is 2.64. The Morgan fingerprint density at radius 2 is 1.81 bits per heavy atom. The third-order valence-electron chi connectivity index (χ3n) is 5.56. The van der Waals surface area contributed by atoms with Crippen molar-refractivity contribution in [2.24, 2.45) is 0 Å². The van der Waals surface area contributed by atoms with Crippen LogP contribution in [-0.2, 0) is 24.2 Å². The molecule has 164 valence electrons. The van der Waals surface area contributed by atoms with Gasteiger partial charge in [0.2, 0.25) is 5.91 Å². The number of aryl methyl sites for hydroxylation is 2. The average molecular weight is 430 g/mol. The molecule has 4 rings (SSSR count). The molecule has 4 aromatic rings. The Morgan fingerprint density at radius 1 is 1.06 bits per heavy atom. The largest absolute Gasteiger partial charge is 0.352 e. The first-order valence-corrected chi connectivity index (χ1v) is 10.9. The Kier molecular flexibility index (Phi) is 6.44. The van der Waals surface area contributed by atoms with Gasteiger partial charge >= 0.3 is 0 Å². The number of benzene rings is 2. The maximum atomic E-state index is 12.9. The number of carbonyl (C=O) groups excluding carboxylic acids is 1. The fraction of sp³-hybridized carbons (Fsp3) is 0.280. The van der Waals surface area contributed by atoms with E-state index in [1.54, 1.807) is 6.07 Å². The predicted molar refractivity (Wildman–Crippen MR) is 124 cm³/mol. The van der Waals surface area contributed by atoms with Crippen molar-refractivity contribution in [3.8, 4) is 11.3 Å². The smallest absolute Gasteiger partial charge is 0.293 e. The number of hydrogen-bond acceptors (Lipinski definition) is 4. The minimum Gasteiger partial charge on any atom is -0.352 e. The van der Waals surface area contributed by atoms with E-state index in [-0.39, 0.29) is 24.1 Å². The Bertz CT molecular complexity index is 1260. The highest BCUT2D eigenvalue weighted by Gasteiger charge is 2.14. The van der Waals surface area contributed by atoms with Crippen LogP contribution in [0.3, 0.4) is 0 Å².